The van der Waals surface area contributed by atoms with Gasteiger partial charge in [0.15, 0.2) is 0 Å². The molecule has 1 saturated carbocycles. The van der Waals surface area contributed by atoms with Crippen molar-refractivity contribution in [3.63, 3.8) is 0 Å². The molecule has 2 aliphatic rings. The number of ether oxygens (including phenoxy) is 3. The summed E-state index contributed by atoms with van der Waals surface area (Å²) in [4.78, 5) is 40.3. The number of aromatic nitrogens is 2. The van der Waals surface area contributed by atoms with Crippen molar-refractivity contribution >= 4 is 6.09 Å². The van der Waals surface area contributed by atoms with E-state index in [9.17, 15) is 27.6 Å². The van der Waals surface area contributed by atoms with Gasteiger partial charge in [-0.25, -0.2) is 9.59 Å². The largest absolute Gasteiger partial charge is 0.447 e. The number of hydrogen-bond acceptors (Lipinski definition) is 6. The van der Waals surface area contributed by atoms with Crippen molar-refractivity contribution in [2.75, 3.05) is 19.8 Å². The maximum atomic E-state index is 13.2. The molecule has 0 bridgehead atoms. The lowest BCUT2D eigenvalue weighted by Crippen LogP contribution is -2.42. The van der Waals surface area contributed by atoms with E-state index in [4.69, 9.17) is 20.6 Å². The van der Waals surface area contributed by atoms with Crippen molar-refractivity contribution < 1.29 is 32.2 Å². The Labute approximate surface area is 206 Å². The zero-order valence-corrected chi connectivity index (χ0v) is 20.2. The van der Waals surface area contributed by atoms with Crippen LogP contribution in [0.15, 0.2) is 15.8 Å². The first-order valence-corrected chi connectivity index (χ1v) is 12.2. The second-order valence-corrected chi connectivity index (χ2v) is 9.04. The summed E-state index contributed by atoms with van der Waals surface area (Å²) in [6.45, 7) is 2.18. The molecule has 36 heavy (non-hydrogen) atoms. The van der Waals surface area contributed by atoms with Gasteiger partial charge in [0.25, 0.3) is 5.56 Å². The molecule has 0 radical (unpaired) electrons. The average Bonchev–Trinajstić information content (AvgIpc) is 3.02. The number of halogens is 3. The SMILES string of the molecule is C#CCO[C@H]1C[C@H](n2cc(C(F)(F)F)c(=O)[nH]c2=O)O[C@@H]1COC(=O)N(CCC)C1CCCCCC1. The molecule has 2 heterocycles. The maximum Gasteiger partial charge on any atom is 0.423 e. The molecule has 1 N–H and O–H groups in total. The number of amides is 1. The lowest BCUT2D eigenvalue weighted by Gasteiger charge is -2.31. The Kier molecular flexibility index (Phi) is 9.62. The van der Waals surface area contributed by atoms with Crippen molar-refractivity contribution in [1.82, 2.24) is 14.5 Å². The summed E-state index contributed by atoms with van der Waals surface area (Å²) < 4.78 is 57.2. The Morgan fingerprint density at radius 3 is 2.58 bits per heavy atom. The van der Waals surface area contributed by atoms with Crippen LogP contribution in [0.4, 0.5) is 18.0 Å². The molecule has 200 valence electrons. The fraction of sp³-hybridized carbons (Fsp3) is 0.708. The molecule has 3 rings (SSSR count). The molecule has 0 spiro atoms. The number of terminal acetylenes is 1. The maximum absolute atomic E-state index is 13.2. The number of nitrogens with one attached hydrogen (secondary N) is 1. The quantitative estimate of drug-likeness (QED) is 0.420. The fourth-order valence-corrected chi connectivity index (χ4v) is 4.72. The van der Waals surface area contributed by atoms with Crippen LogP contribution in [0.1, 0.15) is 70.1 Å². The van der Waals surface area contributed by atoms with Gasteiger partial charge in [-0.3, -0.25) is 14.3 Å². The van der Waals surface area contributed by atoms with Gasteiger partial charge in [0.05, 0.1) is 6.10 Å². The predicted octanol–water partition coefficient (Wildman–Crippen LogP) is 3.43. The zero-order chi connectivity index (χ0) is 26.3. The van der Waals surface area contributed by atoms with Crippen molar-refractivity contribution in [1.29, 1.82) is 0 Å². The lowest BCUT2D eigenvalue weighted by atomic mass is 10.1. The van der Waals surface area contributed by atoms with Crippen LogP contribution in [0.5, 0.6) is 0 Å². The number of nitrogens with zero attached hydrogens (tertiary/aromatic N) is 2. The number of carbonyl (C=O) groups excluding carboxylic acids is 1. The first-order chi connectivity index (χ1) is 17.2. The van der Waals surface area contributed by atoms with Crippen LogP contribution in [0.25, 0.3) is 0 Å². The standard InChI is InChI=1S/C24H32F3N3O6/c1-3-11-29(16-9-7-5-6-8-10-16)23(33)35-15-19-18(34-12-4-2)13-20(36-19)30-14-17(24(25,26)27)21(31)28-22(30)32/h2,14,16,18-20H,3,5-13,15H2,1H3,(H,28,31,32)/t18-,19+,20+/m0/s1. The Hall–Kier alpha value is -2.78. The Balaban J connectivity index is 1.74. The molecule has 1 aromatic rings. The highest BCUT2D eigenvalue weighted by atomic mass is 19.4. The Morgan fingerprint density at radius 1 is 1.28 bits per heavy atom. The number of rotatable bonds is 8. The molecule has 1 amide bonds. The number of hydrogen-bond donors (Lipinski definition) is 1. The molecule has 2 fully saturated rings. The van der Waals surface area contributed by atoms with Gasteiger partial charge in [0, 0.05) is 25.2 Å². The lowest BCUT2D eigenvalue weighted by molar-refractivity contribution is -0.139. The van der Waals surface area contributed by atoms with Crippen molar-refractivity contribution in [3.8, 4) is 12.3 Å². The molecular weight excluding hydrogens is 483 g/mol. The van der Waals surface area contributed by atoms with E-state index in [-0.39, 0.29) is 25.7 Å². The second kappa shape index (κ2) is 12.5. The number of H-pyrrole nitrogens is 1. The van der Waals surface area contributed by atoms with E-state index in [0.29, 0.717) is 17.3 Å². The van der Waals surface area contributed by atoms with Crippen LogP contribution in [-0.2, 0) is 20.4 Å². The van der Waals surface area contributed by atoms with E-state index in [1.165, 1.54) is 0 Å². The van der Waals surface area contributed by atoms with Gasteiger partial charge in [-0.2, -0.15) is 13.2 Å². The zero-order valence-electron chi connectivity index (χ0n) is 20.2. The van der Waals surface area contributed by atoms with Crippen LogP contribution in [0.3, 0.4) is 0 Å². The van der Waals surface area contributed by atoms with E-state index in [1.807, 2.05) is 6.92 Å². The molecule has 1 aromatic heterocycles. The van der Waals surface area contributed by atoms with Gasteiger partial charge in [0.1, 0.15) is 31.1 Å². The number of alkyl halides is 3. The first kappa shape index (κ1) is 27.8. The van der Waals surface area contributed by atoms with Crippen LogP contribution in [0.2, 0.25) is 0 Å². The van der Waals surface area contributed by atoms with Crippen LogP contribution >= 0.6 is 0 Å². The number of aromatic amines is 1. The average molecular weight is 516 g/mol. The Morgan fingerprint density at radius 2 is 1.97 bits per heavy atom. The van der Waals surface area contributed by atoms with Crippen molar-refractivity contribution in [3.05, 3.63) is 32.6 Å². The second-order valence-electron chi connectivity index (χ2n) is 9.04. The smallest absolute Gasteiger partial charge is 0.423 e. The molecule has 9 nitrogen and oxygen atoms in total. The summed E-state index contributed by atoms with van der Waals surface area (Å²) in [5.41, 5.74) is -4.13. The van der Waals surface area contributed by atoms with Crippen LogP contribution in [-0.4, -0.2) is 58.6 Å². The summed E-state index contributed by atoms with van der Waals surface area (Å²) in [7, 11) is 0. The minimum absolute atomic E-state index is 0.0333. The van der Waals surface area contributed by atoms with Crippen molar-refractivity contribution in [2.45, 2.75) is 88.9 Å². The molecule has 0 aromatic carbocycles. The highest BCUT2D eigenvalue weighted by Crippen LogP contribution is 2.32. The first-order valence-electron chi connectivity index (χ1n) is 12.2. The minimum Gasteiger partial charge on any atom is -0.447 e. The van der Waals surface area contributed by atoms with Crippen molar-refractivity contribution in [2.24, 2.45) is 0 Å². The van der Waals surface area contributed by atoms with E-state index in [1.54, 1.807) is 9.88 Å². The summed E-state index contributed by atoms with van der Waals surface area (Å²) in [5, 5.41) is 0. The van der Waals surface area contributed by atoms with E-state index < -0.39 is 47.5 Å². The van der Waals surface area contributed by atoms with Gasteiger partial charge in [-0.15, -0.1) is 6.42 Å². The van der Waals surface area contributed by atoms with Gasteiger partial charge in [-0.1, -0.05) is 38.5 Å². The Bertz CT molecular complexity index is 1040. The number of carbonyl (C=O) groups is 1. The summed E-state index contributed by atoms with van der Waals surface area (Å²) >= 11 is 0. The summed E-state index contributed by atoms with van der Waals surface area (Å²) in [6.07, 6.45) is 4.33. The molecule has 1 aliphatic carbocycles. The van der Waals surface area contributed by atoms with Gasteiger partial charge < -0.3 is 19.1 Å². The molecule has 1 saturated heterocycles. The van der Waals surface area contributed by atoms with Gasteiger partial charge >= 0.3 is 18.0 Å². The molecule has 1 aliphatic heterocycles. The summed E-state index contributed by atoms with van der Waals surface area (Å²) in [5.74, 6) is 2.31. The molecular formula is C24H32F3N3O6. The monoisotopic (exact) mass is 515 g/mol. The highest BCUT2D eigenvalue weighted by Gasteiger charge is 2.41. The topological polar surface area (TPSA) is 103 Å². The third-order valence-corrected chi connectivity index (χ3v) is 6.48. The molecule has 12 heteroatoms. The molecule has 0 unspecified atom stereocenters. The van der Waals surface area contributed by atoms with E-state index in [0.717, 1.165) is 44.9 Å². The molecule has 3 atom stereocenters. The van der Waals surface area contributed by atoms with Gasteiger partial charge in [0.2, 0.25) is 0 Å². The third kappa shape index (κ3) is 6.91. The van der Waals surface area contributed by atoms with Crippen LogP contribution < -0.4 is 11.2 Å². The van der Waals surface area contributed by atoms with Crippen LogP contribution in [0, 0.1) is 12.3 Å². The van der Waals surface area contributed by atoms with Gasteiger partial charge in [-0.05, 0) is 19.3 Å². The van der Waals surface area contributed by atoms with E-state index >= 15 is 0 Å². The normalized spacial score (nSPS) is 23.1. The third-order valence-electron chi connectivity index (χ3n) is 6.48. The van der Waals surface area contributed by atoms with E-state index in [2.05, 4.69) is 5.92 Å². The highest BCUT2D eigenvalue weighted by molar-refractivity contribution is 5.68. The summed E-state index contributed by atoms with van der Waals surface area (Å²) in [6, 6.07) is 0.0891. The predicted molar refractivity (Wildman–Crippen MR) is 123 cm³/mol. The minimum atomic E-state index is -4.96. The fourth-order valence-electron chi connectivity index (χ4n) is 4.72.